The number of aromatic nitrogens is 1. The van der Waals surface area contributed by atoms with Gasteiger partial charge in [0.25, 0.3) is 5.56 Å². The van der Waals surface area contributed by atoms with Crippen LogP contribution in [0.2, 0.25) is 0 Å². The van der Waals surface area contributed by atoms with E-state index >= 15 is 0 Å². The van der Waals surface area contributed by atoms with E-state index in [4.69, 9.17) is 0 Å². The molecule has 1 aromatic heterocycles. The zero-order valence-electron chi connectivity index (χ0n) is 13.0. The maximum Gasteiger partial charge on any atom is 0.251 e. The van der Waals surface area contributed by atoms with Crippen LogP contribution in [0.3, 0.4) is 0 Å². The Hall–Kier alpha value is -1.05. The van der Waals surface area contributed by atoms with Crippen molar-refractivity contribution in [2.45, 2.75) is 60.3 Å². The van der Waals surface area contributed by atoms with E-state index in [1.54, 1.807) is 0 Å². The second-order valence-electron chi connectivity index (χ2n) is 7.64. The highest BCUT2D eigenvalue weighted by molar-refractivity contribution is 5.35. The fourth-order valence-corrected chi connectivity index (χ4v) is 3.74. The third-order valence-electron chi connectivity index (χ3n) is 4.22. The van der Waals surface area contributed by atoms with Crippen molar-refractivity contribution in [3.05, 3.63) is 33.2 Å². The van der Waals surface area contributed by atoms with Crippen molar-refractivity contribution in [2.24, 2.45) is 17.3 Å². The lowest BCUT2D eigenvalue weighted by Gasteiger charge is -2.25. The van der Waals surface area contributed by atoms with Gasteiger partial charge in [0.1, 0.15) is 0 Å². The van der Waals surface area contributed by atoms with Gasteiger partial charge in [0, 0.05) is 11.8 Å². The van der Waals surface area contributed by atoms with Crippen molar-refractivity contribution in [2.75, 3.05) is 0 Å². The quantitative estimate of drug-likeness (QED) is 0.880. The number of H-pyrrole nitrogens is 1. The van der Waals surface area contributed by atoms with Crippen molar-refractivity contribution < 1.29 is 0 Å². The Balaban J connectivity index is 2.03. The lowest BCUT2D eigenvalue weighted by atomic mass is 9.81. The summed E-state index contributed by atoms with van der Waals surface area (Å²) in [7, 11) is 0. The minimum absolute atomic E-state index is 0.131. The Morgan fingerprint density at radius 3 is 2.53 bits per heavy atom. The molecule has 0 aliphatic heterocycles. The van der Waals surface area contributed by atoms with Crippen LogP contribution >= 0.6 is 0 Å². The molecule has 106 valence electrons. The third kappa shape index (κ3) is 3.49. The lowest BCUT2D eigenvalue weighted by molar-refractivity contribution is 0.270. The molecule has 2 unspecified atom stereocenters. The number of rotatable bonds is 3. The van der Waals surface area contributed by atoms with Crippen LogP contribution in [0.15, 0.2) is 11.0 Å². The Bertz CT molecular complexity index is 507. The number of fused-ring (bicyclic) bond motifs is 1. The summed E-state index contributed by atoms with van der Waals surface area (Å²) in [5.74, 6) is 1.40. The van der Waals surface area contributed by atoms with Gasteiger partial charge in [-0.15, -0.1) is 0 Å². The summed E-state index contributed by atoms with van der Waals surface area (Å²) in [5, 5.41) is 0. The Kier molecular flexibility index (Phi) is 3.89. The molecule has 1 N–H and O–H groups in total. The average Bonchev–Trinajstić information content (AvgIpc) is 2.65. The van der Waals surface area contributed by atoms with Crippen LogP contribution < -0.4 is 5.56 Å². The molecule has 2 nitrogen and oxygen atoms in total. The molecule has 1 aromatic rings. The summed E-state index contributed by atoms with van der Waals surface area (Å²) < 4.78 is 0. The van der Waals surface area contributed by atoms with E-state index in [2.05, 4.69) is 39.6 Å². The molecule has 0 radical (unpaired) electrons. The van der Waals surface area contributed by atoms with Gasteiger partial charge in [-0.25, -0.2) is 0 Å². The number of pyridine rings is 1. The van der Waals surface area contributed by atoms with Crippen LogP contribution in [-0.2, 0) is 12.8 Å². The topological polar surface area (TPSA) is 32.9 Å². The SMILES string of the molecule is Cc1c[nH]c(=O)c2c1CC(CC(C)CC(C)(C)C)C2. The molecule has 1 heterocycles. The highest BCUT2D eigenvalue weighted by atomic mass is 16.1. The third-order valence-corrected chi connectivity index (χ3v) is 4.22. The zero-order valence-corrected chi connectivity index (χ0v) is 13.0. The molecule has 0 bridgehead atoms. The molecule has 1 aliphatic rings. The van der Waals surface area contributed by atoms with Crippen LogP contribution in [0, 0.1) is 24.2 Å². The maximum atomic E-state index is 11.9. The van der Waals surface area contributed by atoms with Crippen LogP contribution in [0.25, 0.3) is 0 Å². The summed E-state index contributed by atoms with van der Waals surface area (Å²) in [6.07, 6.45) is 6.43. The first-order valence-electron chi connectivity index (χ1n) is 7.46. The average molecular weight is 261 g/mol. The van der Waals surface area contributed by atoms with E-state index in [1.807, 2.05) is 6.20 Å². The summed E-state index contributed by atoms with van der Waals surface area (Å²) in [6, 6.07) is 0. The minimum Gasteiger partial charge on any atom is -0.329 e. The van der Waals surface area contributed by atoms with E-state index in [0.717, 1.165) is 24.3 Å². The zero-order chi connectivity index (χ0) is 14.2. The van der Waals surface area contributed by atoms with Gasteiger partial charge in [-0.05, 0) is 61.0 Å². The number of aryl methyl sites for hydroxylation is 1. The summed E-state index contributed by atoms with van der Waals surface area (Å²) in [4.78, 5) is 14.7. The normalized spacial score (nSPS) is 20.4. The molecule has 0 fully saturated rings. The summed E-state index contributed by atoms with van der Waals surface area (Å²) >= 11 is 0. The van der Waals surface area contributed by atoms with Gasteiger partial charge in [0.2, 0.25) is 0 Å². The number of nitrogens with one attached hydrogen (secondary N) is 1. The minimum atomic E-state index is 0.131. The van der Waals surface area contributed by atoms with Crippen LogP contribution in [0.5, 0.6) is 0 Å². The van der Waals surface area contributed by atoms with Crippen LogP contribution in [0.1, 0.15) is 57.2 Å². The number of hydrogen-bond donors (Lipinski definition) is 1. The highest BCUT2D eigenvalue weighted by Crippen LogP contribution is 2.34. The number of aromatic amines is 1. The van der Waals surface area contributed by atoms with Crippen LogP contribution in [-0.4, -0.2) is 4.98 Å². The van der Waals surface area contributed by atoms with Crippen molar-refractivity contribution in [3.8, 4) is 0 Å². The predicted octanol–water partition coefficient (Wildman–Crippen LogP) is 3.86. The van der Waals surface area contributed by atoms with Gasteiger partial charge in [-0.2, -0.15) is 0 Å². The van der Waals surface area contributed by atoms with Crippen molar-refractivity contribution in [1.82, 2.24) is 4.98 Å². The number of hydrogen-bond acceptors (Lipinski definition) is 1. The van der Waals surface area contributed by atoms with Crippen molar-refractivity contribution in [3.63, 3.8) is 0 Å². The second kappa shape index (κ2) is 5.15. The van der Waals surface area contributed by atoms with Crippen LogP contribution in [0.4, 0.5) is 0 Å². The molecular weight excluding hydrogens is 234 g/mol. The molecule has 0 spiro atoms. The maximum absolute atomic E-state index is 11.9. The molecular formula is C17H27NO. The van der Waals surface area contributed by atoms with Gasteiger partial charge >= 0.3 is 0 Å². The Morgan fingerprint density at radius 1 is 1.32 bits per heavy atom. The molecule has 2 rings (SSSR count). The summed E-state index contributed by atoms with van der Waals surface area (Å²) in [6.45, 7) is 11.4. The first-order chi connectivity index (χ1) is 8.76. The molecule has 0 saturated carbocycles. The fourth-order valence-electron chi connectivity index (χ4n) is 3.74. The first-order valence-corrected chi connectivity index (χ1v) is 7.46. The molecule has 1 aliphatic carbocycles. The molecule has 0 amide bonds. The van der Waals surface area contributed by atoms with E-state index in [-0.39, 0.29) is 5.56 Å². The van der Waals surface area contributed by atoms with Crippen molar-refractivity contribution in [1.29, 1.82) is 0 Å². The van der Waals surface area contributed by atoms with Gasteiger partial charge < -0.3 is 4.98 Å². The fraction of sp³-hybridized carbons (Fsp3) is 0.706. The largest absolute Gasteiger partial charge is 0.329 e. The monoisotopic (exact) mass is 261 g/mol. The lowest BCUT2D eigenvalue weighted by Crippen LogP contribution is -2.15. The Labute approximate surface area is 116 Å². The van der Waals surface area contributed by atoms with E-state index < -0.39 is 0 Å². The van der Waals surface area contributed by atoms with E-state index in [9.17, 15) is 4.79 Å². The standard InChI is InChI=1S/C17H27NO/c1-11(9-17(3,4)5)6-13-7-14-12(2)10-18-16(19)15(14)8-13/h10-11,13H,6-9H2,1-5H3,(H,18,19). The highest BCUT2D eigenvalue weighted by Gasteiger charge is 2.27. The van der Waals surface area contributed by atoms with E-state index in [1.165, 1.54) is 24.0 Å². The van der Waals surface area contributed by atoms with Gasteiger partial charge in [0.15, 0.2) is 0 Å². The smallest absolute Gasteiger partial charge is 0.251 e. The second-order valence-corrected chi connectivity index (χ2v) is 7.64. The van der Waals surface area contributed by atoms with E-state index in [0.29, 0.717) is 11.3 Å². The molecule has 0 saturated heterocycles. The van der Waals surface area contributed by atoms with Crippen molar-refractivity contribution >= 4 is 0 Å². The molecule has 2 atom stereocenters. The predicted molar refractivity (Wildman–Crippen MR) is 80.6 cm³/mol. The van der Waals surface area contributed by atoms with Gasteiger partial charge in [0.05, 0.1) is 0 Å². The van der Waals surface area contributed by atoms with Gasteiger partial charge in [-0.3, -0.25) is 4.79 Å². The molecule has 19 heavy (non-hydrogen) atoms. The molecule has 0 aromatic carbocycles. The first kappa shape index (κ1) is 14.4. The van der Waals surface area contributed by atoms with Gasteiger partial charge in [-0.1, -0.05) is 27.7 Å². The summed E-state index contributed by atoms with van der Waals surface area (Å²) in [5.41, 5.74) is 4.15. The molecule has 2 heteroatoms. The Morgan fingerprint density at radius 2 is 1.95 bits per heavy atom.